The quantitative estimate of drug-likeness (QED) is 0.736. The van der Waals surface area contributed by atoms with Crippen molar-refractivity contribution < 1.29 is 14.3 Å². The monoisotopic (exact) mass is 352 g/mol. The molecule has 0 bridgehead atoms. The Hall–Kier alpha value is -2.93. The summed E-state index contributed by atoms with van der Waals surface area (Å²) in [6, 6.07) is 11.2. The predicted molar refractivity (Wildman–Crippen MR) is 96.0 cm³/mol. The summed E-state index contributed by atoms with van der Waals surface area (Å²) in [5.41, 5.74) is 2.32. The number of pyridine rings is 1. The third-order valence-corrected chi connectivity index (χ3v) is 4.31. The van der Waals surface area contributed by atoms with Crippen molar-refractivity contribution in [3.8, 4) is 5.88 Å². The molecule has 26 heavy (non-hydrogen) atoms. The van der Waals surface area contributed by atoms with Crippen LogP contribution in [0.25, 0.3) is 11.0 Å². The molecule has 2 aromatic heterocycles. The van der Waals surface area contributed by atoms with E-state index in [1.807, 2.05) is 24.3 Å². The Morgan fingerprint density at radius 3 is 2.85 bits per heavy atom. The molecule has 0 aliphatic carbocycles. The maximum atomic E-state index is 12.3. The van der Waals surface area contributed by atoms with Crippen molar-refractivity contribution >= 4 is 16.9 Å². The van der Waals surface area contributed by atoms with Gasteiger partial charge in [0.15, 0.2) is 0 Å². The molecule has 3 aromatic rings. The fraction of sp³-hybridized carbons (Fsp3) is 0.316. The number of fused-ring (bicyclic) bond motifs is 1. The highest BCUT2D eigenvalue weighted by molar-refractivity contribution is 5.93. The Morgan fingerprint density at radius 2 is 2.08 bits per heavy atom. The van der Waals surface area contributed by atoms with Crippen LogP contribution >= 0.6 is 0 Å². The van der Waals surface area contributed by atoms with Crippen LogP contribution in [0, 0.1) is 0 Å². The number of nitrogens with one attached hydrogen (secondary N) is 2. The smallest absolute Gasteiger partial charge is 0.253 e. The first-order valence-electron chi connectivity index (χ1n) is 8.70. The molecule has 3 heterocycles. The third kappa shape index (κ3) is 3.83. The van der Waals surface area contributed by atoms with E-state index in [2.05, 4.69) is 20.3 Å². The zero-order valence-corrected chi connectivity index (χ0v) is 14.3. The second-order valence-electron chi connectivity index (χ2n) is 6.20. The van der Waals surface area contributed by atoms with Gasteiger partial charge in [0.05, 0.1) is 36.4 Å². The molecule has 1 aromatic carbocycles. The van der Waals surface area contributed by atoms with Crippen molar-refractivity contribution in [2.24, 2.45) is 0 Å². The first-order valence-corrected chi connectivity index (χ1v) is 8.70. The predicted octanol–water partition coefficient (Wildman–Crippen LogP) is 2.45. The van der Waals surface area contributed by atoms with Crippen LogP contribution in [0.1, 0.15) is 29.0 Å². The molecule has 0 unspecified atom stereocenters. The Bertz CT molecular complexity index is 852. The highest BCUT2D eigenvalue weighted by Gasteiger charge is 2.16. The number of benzene rings is 1. The number of nitrogens with zero attached hydrogens (tertiary/aromatic N) is 2. The van der Waals surface area contributed by atoms with Gasteiger partial charge in [0.25, 0.3) is 5.91 Å². The van der Waals surface area contributed by atoms with Gasteiger partial charge < -0.3 is 19.8 Å². The number of H-pyrrole nitrogens is 1. The first-order chi connectivity index (χ1) is 12.8. The zero-order valence-electron chi connectivity index (χ0n) is 14.3. The zero-order chi connectivity index (χ0) is 17.8. The molecule has 0 saturated carbocycles. The number of carbonyl (C=O) groups is 1. The van der Waals surface area contributed by atoms with Gasteiger partial charge in [-0.05, 0) is 18.2 Å². The lowest BCUT2D eigenvalue weighted by Gasteiger charge is -2.22. The van der Waals surface area contributed by atoms with E-state index in [9.17, 15) is 4.79 Å². The fourth-order valence-electron chi connectivity index (χ4n) is 2.90. The van der Waals surface area contributed by atoms with Gasteiger partial charge >= 0.3 is 0 Å². The number of aromatic amines is 1. The van der Waals surface area contributed by atoms with Crippen LogP contribution in [0.5, 0.6) is 5.88 Å². The van der Waals surface area contributed by atoms with Gasteiger partial charge in [0.1, 0.15) is 11.9 Å². The molecule has 0 atom stereocenters. The molecule has 1 amide bonds. The summed E-state index contributed by atoms with van der Waals surface area (Å²) in [6.07, 6.45) is 3.38. The summed E-state index contributed by atoms with van der Waals surface area (Å²) < 4.78 is 11.1. The van der Waals surface area contributed by atoms with Gasteiger partial charge in [-0.3, -0.25) is 4.79 Å². The van der Waals surface area contributed by atoms with Crippen LogP contribution in [-0.4, -0.2) is 40.2 Å². The lowest BCUT2D eigenvalue weighted by Crippen LogP contribution is -2.26. The summed E-state index contributed by atoms with van der Waals surface area (Å²) >= 11 is 0. The Labute approximate surface area is 150 Å². The molecular weight excluding hydrogens is 332 g/mol. The number of rotatable bonds is 5. The number of hydrogen-bond acceptors (Lipinski definition) is 5. The molecule has 1 aliphatic rings. The number of carbonyl (C=O) groups excluding carboxylic acids is 1. The van der Waals surface area contributed by atoms with Gasteiger partial charge in [0.2, 0.25) is 5.88 Å². The lowest BCUT2D eigenvalue weighted by atomic mass is 10.1. The number of ether oxygens (including phenoxy) is 2. The second-order valence-corrected chi connectivity index (χ2v) is 6.20. The van der Waals surface area contributed by atoms with Crippen molar-refractivity contribution in [2.75, 3.05) is 13.2 Å². The van der Waals surface area contributed by atoms with E-state index < -0.39 is 0 Å². The number of aromatic nitrogens is 3. The molecule has 2 N–H and O–H groups in total. The Morgan fingerprint density at radius 1 is 1.23 bits per heavy atom. The van der Waals surface area contributed by atoms with Crippen molar-refractivity contribution in [3.63, 3.8) is 0 Å². The van der Waals surface area contributed by atoms with Gasteiger partial charge in [0, 0.05) is 25.1 Å². The molecule has 7 heteroatoms. The second kappa shape index (κ2) is 7.53. The molecular formula is C19H20N4O3. The van der Waals surface area contributed by atoms with Gasteiger partial charge in [-0.25, -0.2) is 9.97 Å². The standard InChI is InChI=1S/C19H20N4O3/c24-19(21-12-17-22-15-3-1-2-4-16(15)23-17)13-5-6-18(20-11-13)26-14-7-9-25-10-8-14/h1-6,11,14H,7-10,12H2,(H,21,24)(H,22,23). The van der Waals surface area contributed by atoms with E-state index in [1.165, 1.54) is 6.20 Å². The van der Waals surface area contributed by atoms with Crippen LogP contribution in [-0.2, 0) is 11.3 Å². The van der Waals surface area contributed by atoms with Crippen molar-refractivity contribution in [1.29, 1.82) is 0 Å². The van der Waals surface area contributed by atoms with E-state index in [-0.39, 0.29) is 12.0 Å². The van der Waals surface area contributed by atoms with E-state index in [4.69, 9.17) is 9.47 Å². The van der Waals surface area contributed by atoms with Crippen molar-refractivity contribution in [1.82, 2.24) is 20.3 Å². The van der Waals surface area contributed by atoms with Crippen LogP contribution in [0.15, 0.2) is 42.6 Å². The highest BCUT2D eigenvalue weighted by atomic mass is 16.5. The van der Waals surface area contributed by atoms with E-state index in [1.54, 1.807) is 12.1 Å². The van der Waals surface area contributed by atoms with Gasteiger partial charge in [-0.1, -0.05) is 12.1 Å². The molecule has 134 valence electrons. The van der Waals surface area contributed by atoms with Crippen molar-refractivity contribution in [3.05, 3.63) is 54.0 Å². The average Bonchev–Trinajstić information content (AvgIpc) is 3.10. The minimum atomic E-state index is -0.199. The summed E-state index contributed by atoms with van der Waals surface area (Å²) in [4.78, 5) is 24.1. The molecule has 4 rings (SSSR count). The number of amides is 1. The summed E-state index contributed by atoms with van der Waals surface area (Å²) in [7, 11) is 0. The number of para-hydroxylation sites is 2. The Balaban J connectivity index is 1.33. The largest absolute Gasteiger partial charge is 0.474 e. The minimum absolute atomic E-state index is 0.129. The van der Waals surface area contributed by atoms with E-state index >= 15 is 0 Å². The highest BCUT2D eigenvalue weighted by Crippen LogP contribution is 2.16. The Kier molecular flexibility index (Phi) is 4.79. The summed E-state index contributed by atoms with van der Waals surface area (Å²) in [6.45, 7) is 1.76. The summed E-state index contributed by atoms with van der Waals surface area (Å²) in [5, 5.41) is 2.85. The lowest BCUT2D eigenvalue weighted by molar-refractivity contribution is 0.0237. The maximum Gasteiger partial charge on any atom is 0.253 e. The van der Waals surface area contributed by atoms with Crippen LogP contribution in [0.3, 0.4) is 0 Å². The minimum Gasteiger partial charge on any atom is -0.474 e. The molecule has 7 nitrogen and oxygen atoms in total. The fourth-order valence-corrected chi connectivity index (χ4v) is 2.90. The SMILES string of the molecule is O=C(NCc1nc2ccccc2[nH]1)c1ccc(OC2CCOCC2)nc1. The van der Waals surface area contributed by atoms with E-state index in [0.717, 1.165) is 23.9 Å². The molecule has 1 aliphatic heterocycles. The number of hydrogen-bond donors (Lipinski definition) is 2. The maximum absolute atomic E-state index is 12.3. The molecule has 0 radical (unpaired) electrons. The first kappa shape index (κ1) is 16.5. The van der Waals surface area contributed by atoms with Gasteiger partial charge in [-0.15, -0.1) is 0 Å². The van der Waals surface area contributed by atoms with Crippen LogP contribution in [0.4, 0.5) is 0 Å². The van der Waals surface area contributed by atoms with Crippen LogP contribution in [0.2, 0.25) is 0 Å². The molecule has 0 spiro atoms. The third-order valence-electron chi connectivity index (χ3n) is 4.31. The topological polar surface area (TPSA) is 89.1 Å². The molecule has 1 fully saturated rings. The number of imidazole rings is 1. The van der Waals surface area contributed by atoms with E-state index in [0.29, 0.717) is 37.0 Å². The average molecular weight is 352 g/mol. The normalized spacial score (nSPS) is 15.1. The van der Waals surface area contributed by atoms with Crippen LogP contribution < -0.4 is 10.1 Å². The summed E-state index contributed by atoms with van der Waals surface area (Å²) in [5.74, 6) is 1.05. The molecule has 1 saturated heterocycles. The van der Waals surface area contributed by atoms with Gasteiger partial charge in [-0.2, -0.15) is 0 Å². The van der Waals surface area contributed by atoms with Crippen molar-refractivity contribution in [2.45, 2.75) is 25.5 Å².